The van der Waals surface area contributed by atoms with Gasteiger partial charge in [-0.1, -0.05) is 24.8 Å². The fraction of sp³-hybridized carbons (Fsp3) is 0.421. The standard InChI is InChI=1S/C19H24N4O3/c1-3-20-17(24)12-21-8-10-22(11-9-21)18(25)13-23-14(2)15-6-4-5-7-16(15)19(23)26/h4-7H,2-3,8-13H2,1H3,(H,20,24). The van der Waals surface area contributed by atoms with Crippen molar-refractivity contribution in [2.24, 2.45) is 0 Å². The number of amides is 3. The third-order valence-electron chi connectivity index (χ3n) is 4.80. The number of hydrogen-bond acceptors (Lipinski definition) is 4. The molecule has 2 aliphatic rings. The molecule has 1 aromatic rings. The first-order chi connectivity index (χ1) is 12.5. The highest BCUT2D eigenvalue weighted by Gasteiger charge is 2.33. The van der Waals surface area contributed by atoms with Crippen molar-refractivity contribution in [1.82, 2.24) is 20.0 Å². The topological polar surface area (TPSA) is 73.0 Å². The fourth-order valence-electron chi connectivity index (χ4n) is 3.35. The average Bonchev–Trinajstić information content (AvgIpc) is 2.88. The van der Waals surface area contributed by atoms with Gasteiger partial charge in [0.2, 0.25) is 11.8 Å². The molecule has 138 valence electrons. The summed E-state index contributed by atoms with van der Waals surface area (Å²) < 4.78 is 0. The van der Waals surface area contributed by atoms with Crippen molar-refractivity contribution in [2.75, 3.05) is 45.8 Å². The van der Waals surface area contributed by atoms with Gasteiger partial charge in [-0.2, -0.15) is 0 Å². The molecule has 1 aromatic carbocycles. The molecular formula is C19H24N4O3. The van der Waals surface area contributed by atoms with Crippen LogP contribution in [0.4, 0.5) is 0 Å². The van der Waals surface area contributed by atoms with Crippen LogP contribution in [0.5, 0.6) is 0 Å². The number of nitrogens with one attached hydrogen (secondary N) is 1. The Hall–Kier alpha value is -2.67. The van der Waals surface area contributed by atoms with Gasteiger partial charge < -0.3 is 10.2 Å². The van der Waals surface area contributed by atoms with Crippen LogP contribution < -0.4 is 5.32 Å². The van der Waals surface area contributed by atoms with Gasteiger partial charge in [0.15, 0.2) is 0 Å². The zero-order valence-electron chi connectivity index (χ0n) is 15.0. The van der Waals surface area contributed by atoms with Gasteiger partial charge in [-0.05, 0) is 13.0 Å². The minimum Gasteiger partial charge on any atom is -0.355 e. The van der Waals surface area contributed by atoms with E-state index < -0.39 is 0 Å². The molecule has 3 rings (SSSR count). The van der Waals surface area contributed by atoms with E-state index in [1.165, 1.54) is 4.90 Å². The summed E-state index contributed by atoms with van der Waals surface area (Å²) in [6, 6.07) is 7.27. The Morgan fingerprint density at radius 3 is 2.35 bits per heavy atom. The Bertz CT molecular complexity index is 703. The van der Waals surface area contributed by atoms with E-state index in [4.69, 9.17) is 0 Å². The maximum absolute atomic E-state index is 12.6. The Morgan fingerprint density at radius 2 is 1.73 bits per heavy atom. The summed E-state index contributed by atoms with van der Waals surface area (Å²) in [5, 5.41) is 2.78. The highest BCUT2D eigenvalue weighted by atomic mass is 16.2. The molecule has 3 amide bonds. The second kappa shape index (κ2) is 7.70. The number of piperazine rings is 1. The molecule has 0 aromatic heterocycles. The highest BCUT2D eigenvalue weighted by Crippen LogP contribution is 2.30. The van der Waals surface area contributed by atoms with Crippen LogP contribution >= 0.6 is 0 Å². The van der Waals surface area contributed by atoms with E-state index in [1.54, 1.807) is 11.0 Å². The summed E-state index contributed by atoms with van der Waals surface area (Å²) in [5.41, 5.74) is 1.96. The minimum atomic E-state index is -0.172. The van der Waals surface area contributed by atoms with Gasteiger partial charge in [0.05, 0.1) is 6.54 Å². The molecule has 1 N–H and O–H groups in total. The first-order valence-corrected chi connectivity index (χ1v) is 8.88. The Labute approximate surface area is 153 Å². The molecule has 0 aliphatic carbocycles. The zero-order chi connectivity index (χ0) is 18.7. The molecule has 0 bridgehead atoms. The molecule has 0 radical (unpaired) electrons. The van der Waals surface area contributed by atoms with Crippen LogP contribution in [0.1, 0.15) is 22.8 Å². The summed E-state index contributed by atoms with van der Waals surface area (Å²) in [6.07, 6.45) is 0. The van der Waals surface area contributed by atoms with Crippen LogP contribution in [0.15, 0.2) is 30.8 Å². The summed E-state index contributed by atoms with van der Waals surface area (Å²) >= 11 is 0. The van der Waals surface area contributed by atoms with Crippen molar-refractivity contribution < 1.29 is 14.4 Å². The quantitative estimate of drug-likeness (QED) is 0.829. The van der Waals surface area contributed by atoms with Crippen LogP contribution in [0.2, 0.25) is 0 Å². The maximum atomic E-state index is 12.6. The molecule has 26 heavy (non-hydrogen) atoms. The second-order valence-corrected chi connectivity index (χ2v) is 6.49. The molecule has 0 atom stereocenters. The van der Waals surface area contributed by atoms with Crippen LogP contribution in [-0.2, 0) is 9.59 Å². The molecule has 1 fully saturated rings. The van der Waals surface area contributed by atoms with E-state index >= 15 is 0 Å². The first kappa shape index (κ1) is 18.1. The summed E-state index contributed by atoms with van der Waals surface area (Å²) in [4.78, 5) is 42.0. The maximum Gasteiger partial charge on any atom is 0.259 e. The van der Waals surface area contributed by atoms with E-state index in [9.17, 15) is 14.4 Å². The van der Waals surface area contributed by atoms with E-state index in [1.807, 2.05) is 30.0 Å². The Morgan fingerprint density at radius 1 is 1.08 bits per heavy atom. The van der Waals surface area contributed by atoms with Gasteiger partial charge in [-0.25, -0.2) is 0 Å². The van der Waals surface area contributed by atoms with Crippen LogP contribution in [0.3, 0.4) is 0 Å². The zero-order valence-corrected chi connectivity index (χ0v) is 15.0. The lowest BCUT2D eigenvalue weighted by molar-refractivity contribution is -0.133. The van der Waals surface area contributed by atoms with Gasteiger partial charge in [0.25, 0.3) is 5.91 Å². The van der Waals surface area contributed by atoms with Crippen molar-refractivity contribution in [3.05, 3.63) is 42.0 Å². The highest BCUT2D eigenvalue weighted by molar-refractivity contribution is 6.10. The third kappa shape index (κ3) is 3.62. The van der Waals surface area contributed by atoms with Crippen LogP contribution in [0.25, 0.3) is 5.70 Å². The number of hydrogen-bond donors (Lipinski definition) is 1. The Kier molecular flexibility index (Phi) is 5.37. The molecule has 2 heterocycles. The van der Waals surface area contributed by atoms with Crippen molar-refractivity contribution in [3.8, 4) is 0 Å². The number of rotatable bonds is 5. The molecule has 0 saturated carbocycles. The predicted octanol–water partition coefficient (Wildman–Crippen LogP) is 0.393. The number of likely N-dealkylation sites (N-methyl/N-ethyl adjacent to an activating group) is 1. The van der Waals surface area contributed by atoms with Gasteiger partial charge in [-0.15, -0.1) is 0 Å². The van der Waals surface area contributed by atoms with Crippen molar-refractivity contribution in [2.45, 2.75) is 6.92 Å². The van der Waals surface area contributed by atoms with Gasteiger partial charge in [0.1, 0.15) is 6.54 Å². The monoisotopic (exact) mass is 356 g/mol. The number of carbonyl (C=O) groups excluding carboxylic acids is 3. The fourth-order valence-corrected chi connectivity index (χ4v) is 3.35. The van der Waals surface area contributed by atoms with E-state index in [0.717, 1.165) is 5.56 Å². The summed E-state index contributed by atoms with van der Waals surface area (Å²) in [6.45, 7) is 9.25. The normalized spacial score (nSPS) is 17.4. The number of carbonyl (C=O) groups is 3. The second-order valence-electron chi connectivity index (χ2n) is 6.49. The smallest absolute Gasteiger partial charge is 0.259 e. The molecule has 7 heteroatoms. The van der Waals surface area contributed by atoms with Gasteiger partial charge >= 0.3 is 0 Å². The van der Waals surface area contributed by atoms with E-state index in [0.29, 0.717) is 50.5 Å². The van der Waals surface area contributed by atoms with Gasteiger partial charge in [-0.3, -0.25) is 24.2 Å². The van der Waals surface area contributed by atoms with E-state index in [2.05, 4.69) is 11.9 Å². The van der Waals surface area contributed by atoms with Crippen LogP contribution in [-0.4, -0.2) is 78.2 Å². The Balaban J connectivity index is 1.53. The lowest BCUT2D eigenvalue weighted by Gasteiger charge is -2.35. The lowest BCUT2D eigenvalue weighted by atomic mass is 10.1. The number of benzene rings is 1. The van der Waals surface area contributed by atoms with Crippen LogP contribution in [0, 0.1) is 0 Å². The third-order valence-corrected chi connectivity index (χ3v) is 4.80. The lowest BCUT2D eigenvalue weighted by Crippen LogP contribution is -2.52. The largest absolute Gasteiger partial charge is 0.355 e. The van der Waals surface area contributed by atoms with Gasteiger partial charge in [0, 0.05) is 49.5 Å². The van der Waals surface area contributed by atoms with Crippen molar-refractivity contribution >= 4 is 23.4 Å². The summed E-state index contributed by atoms with van der Waals surface area (Å²) in [5.74, 6) is -0.261. The first-order valence-electron chi connectivity index (χ1n) is 8.88. The average molecular weight is 356 g/mol. The SMILES string of the molecule is C=C1c2ccccc2C(=O)N1CC(=O)N1CCN(CC(=O)NCC)CC1. The van der Waals surface area contributed by atoms with Crippen molar-refractivity contribution in [3.63, 3.8) is 0 Å². The van der Waals surface area contributed by atoms with E-state index in [-0.39, 0.29) is 24.3 Å². The van der Waals surface area contributed by atoms with Crippen molar-refractivity contribution in [1.29, 1.82) is 0 Å². The molecule has 1 saturated heterocycles. The molecule has 7 nitrogen and oxygen atoms in total. The molecule has 2 aliphatic heterocycles. The number of fused-ring (bicyclic) bond motifs is 1. The summed E-state index contributed by atoms with van der Waals surface area (Å²) in [7, 11) is 0. The molecule has 0 unspecified atom stereocenters. The molecular weight excluding hydrogens is 332 g/mol. The number of nitrogens with zero attached hydrogens (tertiary/aromatic N) is 3. The predicted molar refractivity (Wildman–Crippen MR) is 98.2 cm³/mol. The minimum absolute atomic E-state index is 0.00265. The molecule has 0 spiro atoms.